The second-order valence-corrected chi connectivity index (χ2v) is 6.80. The van der Waals surface area contributed by atoms with E-state index < -0.39 is 5.97 Å². The molecule has 144 valence electrons. The second kappa shape index (κ2) is 7.22. The van der Waals surface area contributed by atoms with Crippen LogP contribution in [0.4, 0.5) is 11.5 Å². The first-order valence-corrected chi connectivity index (χ1v) is 8.96. The number of aromatic nitrogens is 5. The number of fused-ring (bicyclic) bond motifs is 1. The van der Waals surface area contributed by atoms with Crippen LogP contribution in [-0.2, 0) is 4.79 Å². The van der Waals surface area contributed by atoms with Crippen molar-refractivity contribution in [3.05, 3.63) is 41.5 Å². The number of hydrogen-bond acceptors (Lipinski definition) is 7. The summed E-state index contributed by atoms with van der Waals surface area (Å²) in [6.45, 7) is 3.21. The molecule has 3 aromatic rings. The van der Waals surface area contributed by atoms with Gasteiger partial charge in [0.1, 0.15) is 0 Å². The molecule has 0 spiro atoms. The summed E-state index contributed by atoms with van der Waals surface area (Å²) in [5, 5.41) is 27.6. The van der Waals surface area contributed by atoms with Crippen LogP contribution in [0.25, 0.3) is 5.65 Å². The molecular formula is C18H19N7O3. The Morgan fingerprint density at radius 3 is 2.71 bits per heavy atom. The Hall–Kier alpha value is -3.56. The van der Waals surface area contributed by atoms with E-state index in [1.807, 2.05) is 13.0 Å². The number of carbonyl (C=O) groups excluding carboxylic acids is 1. The van der Waals surface area contributed by atoms with Crippen LogP contribution in [-0.4, -0.2) is 55.3 Å². The predicted octanol–water partition coefficient (Wildman–Crippen LogP) is 1.38. The van der Waals surface area contributed by atoms with Crippen molar-refractivity contribution in [1.82, 2.24) is 25.3 Å². The van der Waals surface area contributed by atoms with E-state index in [1.165, 1.54) is 16.8 Å². The highest BCUT2D eigenvalue weighted by Gasteiger charge is 2.26. The summed E-state index contributed by atoms with van der Waals surface area (Å²) < 4.78 is 1.38. The van der Waals surface area contributed by atoms with Crippen molar-refractivity contribution in [2.45, 2.75) is 19.8 Å². The Kier molecular flexibility index (Phi) is 4.60. The van der Waals surface area contributed by atoms with Crippen LogP contribution in [0.1, 0.15) is 28.8 Å². The van der Waals surface area contributed by atoms with Gasteiger partial charge in [-0.15, -0.1) is 14.8 Å². The van der Waals surface area contributed by atoms with Gasteiger partial charge in [0, 0.05) is 24.7 Å². The predicted molar refractivity (Wildman–Crippen MR) is 100 cm³/mol. The Labute approximate surface area is 160 Å². The number of carbonyl (C=O) groups is 2. The SMILES string of the molecule is Cc1ccc(C(=O)O)cc1NC(=O)C1CCN(c2ccc3nnnn3n2)CC1. The zero-order valence-electron chi connectivity index (χ0n) is 15.2. The Bertz CT molecular complexity index is 1040. The number of benzene rings is 1. The van der Waals surface area contributed by atoms with Crippen LogP contribution in [0.5, 0.6) is 0 Å². The lowest BCUT2D eigenvalue weighted by Gasteiger charge is -2.32. The van der Waals surface area contributed by atoms with Gasteiger partial charge in [0.05, 0.1) is 5.56 Å². The molecule has 1 saturated heterocycles. The Morgan fingerprint density at radius 1 is 1.18 bits per heavy atom. The van der Waals surface area contributed by atoms with Crippen LogP contribution in [0.2, 0.25) is 0 Å². The monoisotopic (exact) mass is 381 g/mol. The van der Waals surface area contributed by atoms with Crippen LogP contribution < -0.4 is 10.2 Å². The first-order valence-electron chi connectivity index (χ1n) is 8.96. The maximum Gasteiger partial charge on any atom is 0.335 e. The van der Waals surface area contributed by atoms with Crippen molar-refractivity contribution in [2.24, 2.45) is 5.92 Å². The summed E-state index contributed by atoms with van der Waals surface area (Å²) in [4.78, 5) is 25.9. The van der Waals surface area contributed by atoms with Gasteiger partial charge in [0.2, 0.25) is 5.91 Å². The molecule has 3 heterocycles. The minimum Gasteiger partial charge on any atom is -0.478 e. The van der Waals surface area contributed by atoms with Crippen molar-refractivity contribution in [2.75, 3.05) is 23.3 Å². The van der Waals surface area contributed by atoms with Crippen molar-refractivity contribution >= 4 is 29.0 Å². The third-order valence-electron chi connectivity index (χ3n) is 4.99. The summed E-state index contributed by atoms with van der Waals surface area (Å²) in [7, 11) is 0. The van der Waals surface area contributed by atoms with Crippen molar-refractivity contribution in [1.29, 1.82) is 0 Å². The first kappa shape index (κ1) is 17.8. The lowest BCUT2D eigenvalue weighted by molar-refractivity contribution is -0.120. The van der Waals surface area contributed by atoms with Gasteiger partial charge in [-0.1, -0.05) is 6.07 Å². The van der Waals surface area contributed by atoms with Gasteiger partial charge in [-0.25, -0.2) is 4.79 Å². The molecule has 10 heteroatoms. The number of hydrogen-bond donors (Lipinski definition) is 2. The smallest absolute Gasteiger partial charge is 0.335 e. The minimum absolute atomic E-state index is 0.0887. The van der Waals surface area contributed by atoms with Crippen molar-refractivity contribution < 1.29 is 14.7 Å². The molecular weight excluding hydrogens is 362 g/mol. The number of nitrogens with one attached hydrogen (secondary N) is 1. The van der Waals surface area contributed by atoms with Crippen LogP contribution in [0.15, 0.2) is 30.3 Å². The van der Waals surface area contributed by atoms with Gasteiger partial charge in [-0.2, -0.15) is 0 Å². The quantitative estimate of drug-likeness (QED) is 0.694. The molecule has 4 rings (SSSR count). The molecule has 10 nitrogen and oxygen atoms in total. The minimum atomic E-state index is -1.02. The highest BCUT2D eigenvalue weighted by molar-refractivity contribution is 5.95. The molecule has 2 N–H and O–H groups in total. The lowest BCUT2D eigenvalue weighted by Crippen LogP contribution is -2.38. The molecule has 1 amide bonds. The number of amides is 1. The largest absolute Gasteiger partial charge is 0.478 e. The van der Waals surface area contributed by atoms with E-state index in [2.05, 4.69) is 30.8 Å². The molecule has 0 radical (unpaired) electrons. The molecule has 0 unspecified atom stereocenters. The normalized spacial score (nSPS) is 15.0. The van der Waals surface area contributed by atoms with Gasteiger partial charge >= 0.3 is 5.97 Å². The number of aryl methyl sites for hydroxylation is 1. The number of carboxylic acids is 1. The maximum atomic E-state index is 12.7. The first-order chi connectivity index (χ1) is 13.5. The average molecular weight is 381 g/mol. The van der Waals surface area contributed by atoms with Gasteiger partial charge in [-0.3, -0.25) is 4.79 Å². The topological polar surface area (TPSA) is 126 Å². The molecule has 2 aromatic heterocycles. The fourth-order valence-corrected chi connectivity index (χ4v) is 3.30. The highest BCUT2D eigenvalue weighted by atomic mass is 16.4. The van der Waals surface area contributed by atoms with E-state index in [-0.39, 0.29) is 17.4 Å². The van der Waals surface area contributed by atoms with E-state index in [9.17, 15) is 9.59 Å². The van der Waals surface area contributed by atoms with Gasteiger partial charge in [0.25, 0.3) is 0 Å². The number of aromatic carboxylic acids is 1. The van der Waals surface area contributed by atoms with Crippen LogP contribution >= 0.6 is 0 Å². The third kappa shape index (κ3) is 3.48. The molecule has 0 saturated carbocycles. The van der Waals surface area contributed by atoms with E-state index in [0.29, 0.717) is 37.3 Å². The Balaban J connectivity index is 1.40. The van der Waals surface area contributed by atoms with Crippen molar-refractivity contribution in [3.63, 3.8) is 0 Å². The second-order valence-electron chi connectivity index (χ2n) is 6.80. The van der Waals surface area contributed by atoms with Crippen molar-refractivity contribution in [3.8, 4) is 0 Å². The molecule has 1 fully saturated rings. The average Bonchev–Trinajstić information content (AvgIpc) is 3.17. The van der Waals surface area contributed by atoms with E-state index >= 15 is 0 Å². The number of anilines is 2. The molecule has 1 aliphatic heterocycles. The maximum absolute atomic E-state index is 12.7. The highest BCUT2D eigenvalue weighted by Crippen LogP contribution is 2.24. The number of piperidine rings is 1. The van der Waals surface area contributed by atoms with Gasteiger partial charge in [0.15, 0.2) is 11.5 Å². The molecule has 1 aromatic carbocycles. The third-order valence-corrected chi connectivity index (χ3v) is 4.99. The van der Waals surface area contributed by atoms with Crippen LogP contribution in [0.3, 0.4) is 0 Å². The molecule has 28 heavy (non-hydrogen) atoms. The summed E-state index contributed by atoms with van der Waals surface area (Å²) in [6, 6.07) is 8.39. The number of tetrazole rings is 1. The molecule has 0 bridgehead atoms. The lowest BCUT2D eigenvalue weighted by atomic mass is 9.95. The summed E-state index contributed by atoms with van der Waals surface area (Å²) in [5.74, 6) is -0.477. The standard InChI is InChI=1S/C18H19N7O3/c1-11-2-3-13(18(27)28)10-14(11)19-17(26)12-6-8-24(9-7-12)16-5-4-15-20-22-23-25(15)21-16/h2-5,10,12H,6-9H2,1H3,(H,19,26)(H,27,28). The van der Waals surface area contributed by atoms with Crippen LogP contribution in [0, 0.1) is 12.8 Å². The molecule has 0 aliphatic carbocycles. The number of nitrogens with zero attached hydrogens (tertiary/aromatic N) is 6. The Morgan fingerprint density at radius 2 is 1.96 bits per heavy atom. The van der Waals surface area contributed by atoms with E-state index in [4.69, 9.17) is 5.11 Å². The van der Waals surface area contributed by atoms with E-state index in [0.717, 1.165) is 11.4 Å². The number of rotatable bonds is 4. The van der Waals surface area contributed by atoms with E-state index in [1.54, 1.807) is 12.1 Å². The number of carboxylic acid groups (broad SMARTS) is 1. The molecule has 0 atom stereocenters. The zero-order chi connectivity index (χ0) is 19.7. The van der Waals surface area contributed by atoms with Gasteiger partial charge in [-0.05, 0) is 60.0 Å². The zero-order valence-corrected chi connectivity index (χ0v) is 15.2. The fraction of sp³-hybridized carbons (Fsp3) is 0.333. The molecule has 1 aliphatic rings. The van der Waals surface area contributed by atoms with Gasteiger partial charge < -0.3 is 15.3 Å². The summed E-state index contributed by atoms with van der Waals surface area (Å²) in [6.07, 6.45) is 1.36. The summed E-state index contributed by atoms with van der Waals surface area (Å²) in [5.41, 5.74) is 2.10. The summed E-state index contributed by atoms with van der Waals surface area (Å²) >= 11 is 0. The fourth-order valence-electron chi connectivity index (χ4n) is 3.30.